The zero-order valence-corrected chi connectivity index (χ0v) is 7.60. The van der Waals surface area contributed by atoms with Crippen LogP contribution in [0, 0.1) is 0 Å². The van der Waals surface area contributed by atoms with Crippen LogP contribution in [-0.2, 0) is 0 Å². The Morgan fingerprint density at radius 1 is 1.18 bits per heavy atom. The summed E-state index contributed by atoms with van der Waals surface area (Å²) >= 11 is 0. The summed E-state index contributed by atoms with van der Waals surface area (Å²) in [4.78, 5) is 2.56. The number of nitrogens with zero attached hydrogens (tertiary/aromatic N) is 1. The molecule has 66 valence electrons. The normalized spacial score (nSPS) is 22.6. The minimum Gasteiger partial charge on any atom is -0.315 e. The fourth-order valence-electron chi connectivity index (χ4n) is 1.60. The lowest BCUT2D eigenvalue weighted by atomic mass is 10.2. The lowest BCUT2D eigenvalue weighted by Crippen LogP contribution is -2.36. The zero-order valence-electron chi connectivity index (χ0n) is 7.60. The summed E-state index contributed by atoms with van der Waals surface area (Å²) in [6, 6.07) is 0. The molecular formula is C9H20N2. The largest absolute Gasteiger partial charge is 0.315 e. The van der Waals surface area contributed by atoms with Gasteiger partial charge in [-0.1, -0.05) is 6.92 Å². The van der Waals surface area contributed by atoms with Gasteiger partial charge in [-0.15, -0.1) is 0 Å². The summed E-state index contributed by atoms with van der Waals surface area (Å²) in [5, 5.41) is 3.43. The minimum atomic E-state index is 1.18. The number of hydrogen-bond donors (Lipinski definition) is 1. The average Bonchev–Trinajstić information content (AvgIpc) is 1.94. The van der Waals surface area contributed by atoms with Crippen molar-refractivity contribution in [2.24, 2.45) is 0 Å². The van der Waals surface area contributed by atoms with Gasteiger partial charge in [-0.3, -0.25) is 0 Å². The van der Waals surface area contributed by atoms with E-state index in [0.29, 0.717) is 0 Å². The Morgan fingerprint density at radius 3 is 2.91 bits per heavy atom. The van der Waals surface area contributed by atoms with Gasteiger partial charge in [-0.05, 0) is 38.9 Å². The van der Waals surface area contributed by atoms with Gasteiger partial charge in [0, 0.05) is 13.1 Å². The van der Waals surface area contributed by atoms with Gasteiger partial charge in [0.15, 0.2) is 0 Å². The molecule has 0 aromatic heterocycles. The highest BCUT2D eigenvalue weighted by Crippen LogP contribution is 1.98. The Balaban J connectivity index is 2.15. The predicted molar refractivity (Wildman–Crippen MR) is 48.8 cm³/mol. The molecule has 1 fully saturated rings. The first-order valence-corrected chi connectivity index (χ1v) is 4.86. The van der Waals surface area contributed by atoms with Crippen LogP contribution in [0.2, 0.25) is 0 Å². The molecule has 0 unspecified atom stereocenters. The molecule has 11 heavy (non-hydrogen) atoms. The second-order valence-electron chi connectivity index (χ2n) is 3.30. The Morgan fingerprint density at radius 2 is 2.09 bits per heavy atom. The van der Waals surface area contributed by atoms with Crippen molar-refractivity contribution < 1.29 is 0 Å². The summed E-state index contributed by atoms with van der Waals surface area (Å²) in [6.45, 7) is 8.50. The van der Waals surface area contributed by atoms with Gasteiger partial charge in [0.1, 0.15) is 0 Å². The molecule has 0 saturated carbocycles. The first-order valence-electron chi connectivity index (χ1n) is 4.86. The van der Waals surface area contributed by atoms with Crippen LogP contribution in [0.15, 0.2) is 0 Å². The molecule has 0 aromatic rings. The van der Waals surface area contributed by atoms with Gasteiger partial charge in [0.05, 0.1) is 0 Å². The Hall–Kier alpha value is -0.0800. The van der Waals surface area contributed by atoms with Crippen molar-refractivity contribution in [1.82, 2.24) is 10.2 Å². The summed E-state index contributed by atoms with van der Waals surface area (Å²) in [5.41, 5.74) is 0. The summed E-state index contributed by atoms with van der Waals surface area (Å²) < 4.78 is 0. The molecule has 2 nitrogen and oxygen atoms in total. The van der Waals surface area contributed by atoms with Crippen LogP contribution in [0.25, 0.3) is 0 Å². The van der Waals surface area contributed by atoms with Crippen molar-refractivity contribution in [3.63, 3.8) is 0 Å². The zero-order chi connectivity index (χ0) is 7.94. The Kier molecular flexibility index (Phi) is 4.55. The average molecular weight is 156 g/mol. The van der Waals surface area contributed by atoms with E-state index in [1.807, 2.05) is 0 Å². The summed E-state index contributed by atoms with van der Waals surface area (Å²) in [5.74, 6) is 0. The number of hydrogen-bond acceptors (Lipinski definition) is 2. The lowest BCUT2D eigenvalue weighted by molar-refractivity contribution is 0.255. The molecule has 1 heterocycles. The van der Waals surface area contributed by atoms with Crippen LogP contribution in [0.5, 0.6) is 0 Å². The fraction of sp³-hybridized carbons (Fsp3) is 1.00. The third-order valence-electron chi connectivity index (χ3n) is 2.22. The molecule has 0 aromatic carbocycles. The van der Waals surface area contributed by atoms with E-state index >= 15 is 0 Å². The number of nitrogens with one attached hydrogen (secondary N) is 1. The SMILES string of the molecule is CCCN1CCCCNCC1. The third-order valence-corrected chi connectivity index (χ3v) is 2.22. The molecule has 0 atom stereocenters. The molecule has 1 rings (SSSR count). The molecule has 2 heteroatoms. The maximum atomic E-state index is 3.43. The monoisotopic (exact) mass is 156 g/mol. The highest BCUT2D eigenvalue weighted by molar-refractivity contribution is 4.63. The van der Waals surface area contributed by atoms with E-state index in [-0.39, 0.29) is 0 Å². The van der Waals surface area contributed by atoms with E-state index < -0.39 is 0 Å². The van der Waals surface area contributed by atoms with Crippen molar-refractivity contribution in [1.29, 1.82) is 0 Å². The highest BCUT2D eigenvalue weighted by Gasteiger charge is 2.04. The fourth-order valence-corrected chi connectivity index (χ4v) is 1.60. The maximum absolute atomic E-state index is 3.43. The molecule has 0 spiro atoms. The van der Waals surface area contributed by atoms with Crippen LogP contribution < -0.4 is 5.32 Å². The van der Waals surface area contributed by atoms with Crippen molar-refractivity contribution >= 4 is 0 Å². The standard InChI is InChI=1S/C9H20N2/c1-2-7-11-8-4-3-5-10-6-9-11/h10H,2-9H2,1H3. The molecule has 1 aliphatic rings. The second-order valence-corrected chi connectivity index (χ2v) is 3.30. The van der Waals surface area contributed by atoms with Crippen molar-refractivity contribution in [3.8, 4) is 0 Å². The molecule has 1 saturated heterocycles. The minimum absolute atomic E-state index is 1.18. The van der Waals surface area contributed by atoms with Gasteiger partial charge < -0.3 is 10.2 Å². The highest BCUT2D eigenvalue weighted by atomic mass is 15.1. The second kappa shape index (κ2) is 5.56. The van der Waals surface area contributed by atoms with E-state index in [4.69, 9.17) is 0 Å². The van der Waals surface area contributed by atoms with Gasteiger partial charge in [0.2, 0.25) is 0 Å². The van der Waals surface area contributed by atoms with Crippen LogP contribution >= 0.6 is 0 Å². The molecule has 1 aliphatic heterocycles. The lowest BCUT2D eigenvalue weighted by Gasteiger charge is -2.24. The van der Waals surface area contributed by atoms with Gasteiger partial charge in [0.25, 0.3) is 0 Å². The topological polar surface area (TPSA) is 15.3 Å². The van der Waals surface area contributed by atoms with E-state index in [2.05, 4.69) is 17.1 Å². The van der Waals surface area contributed by atoms with E-state index in [1.165, 1.54) is 52.0 Å². The quantitative estimate of drug-likeness (QED) is 0.643. The van der Waals surface area contributed by atoms with Gasteiger partial charge in [-0.25, -0.2) is 0 Å². The van der Waals surface area contributed by atoms with Crippen LogP contribution in [0.4, 0.5) is 0 Å². The number of rotatable bonds is 2. The van der Waals surface area contributed by atoms with Crippen LogP contribution in [-0.4, -0.2) is 37.6 Å². The van der Waals surface area contributed by atoms with Crippen molar-refractivity contribution in [3.05, 3.63) is 0 Å². The molecular weight excluding hydrogens is 136 g/mol. The van der Waals surface area contributed by atoms with E-state index in [0.717, 1.165) is 0 Å². The maximum Gasteiger partial charge on any atom is 0.0107 e. The molecule has 1 N–H and O–H groups in total. The molecule has 0 amide bonds. The predicted octanol–water partition coefficient (Wildman–Crippen LogP) is 1.08. The third kappa shape index (κ3) is 3.73. The van der Waals surface area contributed by atoms with E-state index in [9.17, 15) is 0 Å². The Labute approximate surface area is 70.0 Å². The van der Waals surface area contributed by atoms with Crippen molar-refractivity contribution in [2.75, 3.05) is 32.7 Å². The van der Waals surface area contributed by atoms with Gasteiger partial charge >= 0.3 is 0 Å². The summed E-state index contributed by atoms with van der Waals surface area (Å²) in [7, 11) is 0. The summed E-state index contributed by atoms with van der Waals surface area (Å²) in [6.07, 6.45) is 4.01. The van der Waals surface area contributed by atoms with Crippen LogP contribution in [0.1, 0.15) is 26.2 Å². The molecule has 0 aliphatic carbocycles. The molecule has 0 radical (unpaired) electrons. The van der Waals surface area contributed by atoms with Crippen LogP contribution in [0.3, 0.4) is 0 Å². The van der Waals surface area contributed by atoms with E-state index in [1.54, 1.807) is 0 Å². The molecule has 0 bridgehead atoms. The first-order chi connectivity index (χ1) is 5.43. The van der Waals surface area contributed by atoms with Crippen molar-refractivity contribution in [2.45, 2.75) is 26.2 Å². The first kappa shape index (κ1) is 9.01. The van der Waals surface area contributed by atoms with Gasteiger partial charge in [-0.2, -0.15) is 0 Å². The Bertz CT molecular complexity index is 85.6. The smallest absolute Gasteiger partial charge is 0.0107 e.